The topological polar surface area (TPSA) is 94.1 Å². The predicted molar refractivity (Wildman–Crippen MR) is 141 cm³/mol. The van der Waals surface area contributed by atoms with Crippen LogP contribution in [0, 0.1) is 0 Å². The molecule has 9 heteroatoms. The van der Waals surface area contributed by atoms with Gasteiger partial charge in [-0.25, -0.2) is 0 Å². The highest BCUT2D eigenvalue weighted by Gasteiger charge is 1.92. The highest BCUT2D eigenvalue weighted by molar-refractivity contribution is 4.77. The van der Waals surface area contributed by atoms with Crippen molar-refractivity contribution >= 4 is 0 Å². The molecule has 208 valence electrons. The molecule has 0 amide bonds. The van der Waals surface area contributed by atoms with Gasteiger partial charge in [0.05, 0.1) is 6.61 Å². The van der Waals surface area contributed by atoms with E-state index in [9.17, 15) is 0 Å². The van der Waals surface area contributed by atoms with E-state index in [0.29, 0.717) is 6.61 Å². The molecular formula is C28H42O9. The summed E-state index contributed by atoms with van der Waals surface area (Å²) in [6, 6.07) is 0. The van der Waals surface area contributed by atoms with Gasteiger partial charge in [0.25, 0.3) is 0 Å². The van der Waals surface area contributed by atoms with Crippen LogP contribution in [0.1, 0.15) is 71.1 Å². The van der Waals surface area contributed by atoms with E-state index in [2.05, 4.69) is 11.7 Å². The molecule has 0 bridgehead atoms. The van der Waals surface area contributed by atoms with E-state index in [1.54, 1.807) is 0 Å². The molecule has 37 heavy (non-hydrogen) atoms. The summed E-state index contributed by atoms with van der Waals surface area (Å²) in [5.74, 6) is 0. The smallest absolute Gasteiger partial charge is 0.125 e. The van der Waals surface area contributed by atoms with Crippen molar-refractivity contribution in [3.63, 3.8) is 0 Å². The Labute approximate surface area is 221 Å². The van der Waals surface area contributed by atoms with Gasteiger partial charge in [0.2, 0.25) is 0 Å². The molecule has 9 nitrogen and oxygen atoms in total. The lowest BCUT2D eigenvalue weighted by Crippen LogP contribution is -1.88. The van der Waals surface area contributed by atoms with Crippen LogP contribution in [0.2, 0.25) is 0 Å². The van der Waals surface area contributed by atoms with Crippen LogP contribution >= 0.6 is 0 Å². The molecular weight excluding hydrogens is 480 g/mol. The third-order valence-electron chi connectivity index (χ3n) is 4.26. The largest absolute Gasteiger partial charge is 0.512 e. The zero-order valence-electron chi connectivity index (χ0n) is 21.7. The maximum atomic E-state index is 8.32. The Balaban J connectivity index is 3.44. The summed E-state index contributed by atoms with van der Waals surface area (Å²) < 4.78 is 39.9. The van der Waals surface area contributed by atoms with Crippen LogP contribution in [-0.4, -0.2) is 11.7 Å². The monoisotopic (exact) mass is 522 g/mol. The first kappa shape index (κ1) is 33.1. The number of unbranched alkanes of at least 4 members (excludes halogenated alkanes) is 9. The second-order valence-electron chi connectivity index (χ2n) is 7.20. The standard InChI is InChI=1S/C28H42O9/c1-2-3-4-5-6-7-8-9-10-11-13-30-15-17-32-19-21-34-23-25-36-27-28-37-26-24-35-22-20-33-18-16-31-14-12-29/h12,14-29H,2-11,13H2,1H3. The second kappa shape index (κ2) is 32.1. The predicted octanol–water partition coefficient (Wildman–Crippen LogP) is 8.37. The number of ether oxygens (including phenoxy) is 8. The van der Waals surface area contributed by atoms with Crippen LogP contribution in [0.5, 0.6) is 0 Å². The van der Waals surface area contributed by atoms with Gasteiger partial charge in [-0.05, 0) is 6.42 Å². The lowest BCUT2D eigenvalue weighted by atomic mass is 10.1. The Morgan fingerprint density at radius 1 is 0.378 bits per heavy atom. The Morgan fingerprint density at radius 3 is 1.03 bits per heavy atom. The van der Waals surface area contributed by atoms with Crippen LogP contribution in [0.15, 0.2) is 100 Å². The molecule has 0 saturated heterocycles. The van der Waals surface area contributed by atoms with Gasteiger partial charge in [0, 0.05) is 0 Å². The molecule has 0 aromatic heterocycles. The maximum Gasteiger partial charge on any atom is 0.125 e. The van der Waals surface area contributed by atoms with Crippen LogP contribution in [0.3, 0.4) is 0 Å². The normalized spacial score (nSPS) is 12.4. The maximum absolute atomic E-state index is 8.32. The zero-order valence-corrected chi connectivity index (χ0v) is 21.7. The molecule has 0 rings (SSSR count). The number of rotatable bonds is 26. The molecule has 0 fully saturated rings. The van der Waals surface area contributed by atoms with Crippen LogP contribution < -0.4 is 0 Å². The van der Waals surface area contributed by atoms with Crippen LogP contribution in [-0.2, 0) is 37.9 Å². The number of aliphatic hydroxyl groups excluding tert-OH is 1. The molecule has 0 aliphatic carbocycles. The first-order valence-corrected chi connectivity index (χ1v) is 12.5. The molecule has 0 aromatic rings. The summed E-state index contributed by atoms with van der Waals surface area (Å²) >= 11 is 0. The van der Waals surface area contributed by atoms with Crippen molar-refractivity contribution < 1.29 is 43.0 Å². The molecule has 0 atom stereocenters. The van der Waals surface area contributed by atoms with Crippen LogP contribution in [0.25, 0.3) is 0 Å². The third kappa shape index (κ3) is 32.1. The van der Waals surface area contributed by atoms with Gasteiger partial charge in [-0.2, -0.15) is 0 Å². The third-order valence-corrected chi connectivity index (χ3v) is 4.26. The highest BCUT2D eigenvalue weighted by Crippen LogP contribution is 2.10. The lowest BCUT2D eigenvalue weighted by molar-refractivity contribution is 0.226. The molecule has 0 spiro atoms. The molecule has 0 aliphatic heterocycles. The van der Waals surface area contributed by atoms with E-state index in [1.807, 2.05) is 0 Å². The average Bonchev–Trinajstić information content (AvgIpc) is 2.91. The van der Waals surface area contributed by atoms with Crippen molar-refractivity contribution in [2.75, 3.05) is 6.61 Å². The molecule has 0 aromatic carbocycles. The fourth-order valence-electron chi connectivity index (χ4n) is 2.55. The van der Waals surface area contributed by atoms with E-state index in [1.165, 1.54) is 145 Å². The van der Waals surface area contributed by atoms with Crippen molar-refractivity contribution in [2.24, 2.45) is 0 Å². The fourth-order valence-corrected chi connectivity index (χ4v) is 2.55. The van der Waals surface area contributed by atoms with Gasteiger partial charge in [-0.3, -0.25) is 0 Å². The molecule has 0 heterocycles. The van der Waals surface area contributed by atoms with Gasteiger partial charge in [0.15, 0.2) is 0 Å². The first-order valence-electron chi connectivity index (χ1n) is 12.5. The minimum Gasteiger partial charge on any atom is -0.512 e. The molecule has 0 radical (unpaired) electrons. The minimum absolute atomic E-state index is 0.697. The molecule has 0 aliphatic rings. The highest BCUT2D eigenvalue weighted by atomic mass is 16.5. The van der Waals surface area contributed by atoms with E-state index in [4.69, 9.17) is 38.3 Å². The Kier molecular flexibility index (Phi) is 28.8. The van der Waals surface area contributed by atoms with E-state index >= 15 is 0 Å². The summed E-state index contributed by atoms with van der Waals surface area (Å²) in [5, 5.41) is 8.32. The van der Waals surface area contributed by atoms with E-state index in [0.717, 1.165) is 18.9 Å². The zero-order chi connectivity index (χ0) is 26.7. The van der Waals surface area contributed by atoms with Gasteiger partial charge in [0.1, 0.15) is 100 Å². The number of aliphatic hydroxyl groups is 1. The molecule has 0 saturated carbocycles. The van der Waals surface area contributed by atoms with E-state index in [-0.39, 0.29) is 0 Å². The van der Waals surface area contributed by atoms with Gasteiger partial charge >= 0.3 is 0 Å². The lowest BCUT2D eigenvalue weighted by Gasteiger charge is -2.02. The first-order chi connectivity index (χ1) is 18.4. The van der Waals surface area contributed by atoms with Gasteiger partial charge in [-0.1, -0.05) is 64.7 Å². The quantitative estimate of drug-likeness (QED) is 0.0887. The summed E-state index contributed by atoms with van der Waals surface area (Å²) in [6.45, 7) is 2.95. The summed E-state index contributed by atoms with van der Waals surface area (Å²) in [7, 11) is 0. The summed E-state index contributed by atoms with van der Waals surface area (Å²) in [6.07, 6.45) is 33.3. The number of hydrogen-bond donors (Lipinski definition) is 1. The molecule has 0 unspecified atom stereocenters. The Morgan fingerprint density at radius 2 is 0.676 bits per heavy atom. The van der Waals surface area contributed by atoms with E-state index < -0.39 is 0 Å². The van der Waals surface area contributed by atoms with Gasteiger partial charge in [-0.15, -0.1) is 0 Å². The summed E-state index contributed by atoms with van der Waals surface area (Å²) in [5.41, 5.74) is 0. The number of hydrogen-bond acceptors (Lipinski definition) is 9. The van der Waals surface area contributed by atoms with Crippen molar-refractivity contribution in [1.29, 1.82) is 0 Å². The Bertz CT molecular complexity index is 692. The summed E-state index contributed by atoms with van der Waals surface area (Å²) in [4.78, 5) is 0. The fraction of sp³-hybridized carbons (Fsp3) is 0.429. The van der Waals surface area contributed by atoms with Crippen molar-refractivity contribution in [3.05, 3.63) is 100 Å². The Hall–Kier alpha value is -3.88. The van der Waals surface area contributed by atoms with Crippen molar-refractivity contribution in [1.82, 2.24) is 0 Å². The van der Waals surface area contributed by atoms with Crippen molar-refractivity contribution in [2.45, 2.75) is 71.1 Å². The second-order valence-corrected chi connectivity index (χ2v) is 7.20. The molecule has 1 N–H and O–H groups in total. The van der Waals surface area contributed by atoms with Crippen LogP contribution in [0.4, 0.5) is 0 Å². The van der Waals surface area contributed by atoms with Gasteiger partial charge < -0.3 is 43.0 Å². The minimum atomic E-state index is 0.697. The van der Waals surface area contributed by atoms with Crippen molar-refractivity contribution in [3.8, 4) is 0 Å². The average molecular weight is 523 g/mol. The SMILES string of the molecule is CCCCCCCCCCCCOC=COC=COC=COC=COC=COC=COC=COC=CO.